The van der Waals surface area contributed by atoms with Crippen molar-refractivity contribution in [1.29, 1.82) is 0 Å². The van der Waals surface area contributed by atoms with Crippen molar-refractivity contribution in [2.45, 2.75) is 99.2 Å². The standard InChI is InChI=1S/C39H48N2O16S4/c1-38(2)29-21-25(60(52,53)54)12-14-31(29)40(18-8-10-20-59(49,50)51)33(38)23-27-36(44)28(37(27)45)24-34-39(3,16-6-9-19-58(46,47)48)30-22-26(61(55,56)57)13-15-32(30)41(34)17-7-4-5-11-35(42)43/h12-15,21-24H,4-11,16-20H2,1-3H3,(H5-,42,43,44,45,46,47,48,49,50,51,52,53,54,55,56,57). The van der Waals surface area contributed by atoms with Gasteiger partial charge in [-0.05, 0) is 94.8 Å². The van der Waals surface area contributed by atoms with Crippen LogP contribution >= 0.6 is 0 Å². The number of rotatable bonds is 20. The molecule has 5 rings (SSSR count). The molecule has 3 aliphatic rings. The Balaban J connectivity index is 1.63. The molecule has 0 saturated heterocycles. The lowest BCUT2D eigenvalue weighted by molar-refractivity contribution is -0.438. The van der Waals surface area contributed by atoms with Crippen molar-refractivity contribution in [3.8, 4) is 0 Å². The van der Waals surface area contributed by atoms with Crippen LogP contribution in [-0.4, -0.2) is 104 Å². The molecule has 1 aliphatic carbocycles. The molecule has 1 atom stereocenters. The first-order valence-electron chi connectivity index (χ1n) is 19.2. The highest BCUT2D eigenvalue weighted by Crippen LogP contribution is 2.52. The molecule has 5 N–H and O–H groups in total. The summed E-state index contributed by atoms with van der Waals surface area (Å²) < 4.78 is 135. The fourth-order valence-electron chi connectivity index (χ4n) is 8.19. The number of aliphatic carboxylic acids is 1. The van der Waals surface area contributed by atoms with Crippen LogP contribution in [0.5, 0.6) is 0 Å². The Kier molecular flexibility index (Phi) is 13.7. The highest BCUT2D eigenvalue weighted by molar-refractivity contribution is 7.86. The highest BCUT2D eigenvalue weighted by Gasteiger charge is 2.48. The number of carboxylic acid groups (broad SMARTS) is 1. The third-order valence-corrected chi connectivity index (χ3v) is 14.7. The van der Waals surface area contributed by atoms with Crippen LogP contribution in [0.1, 0.15) is 89.7 Å². The van der Waals surface area contributed by atoms with Gasteiger partial charge in [0, 0.05) is 65.0 Å². The smallest absolute Gasteiger partial charge is 0.303 e. The van der Waals surface area contributed by atoms with Crippen molar-refractivity contribution < 1.29 is 76.3 Å². The number of unbranched alkanes of at least 4 members (excludes halogenated alkanes) is 4. The Bertz CT molecular complexity index is 2730. The topological polar surface area (TPSA) is 301 Å². The minimum Gasteiger partial charge on any atom is -0.871 e. The van der Waals surface area contributed by atoms with Gasteiger partial charge in [0.2, 0.25) is 5.69 Å². The third kappa shape index (κ3) is 10.7. The van der Waals surface area contributed by atoms with E-state index >= 15 is 0 Å². The second-order valence-electron chi connectivity index (χ2n) is 16.1. The number of hydrogen-bond donors (Lipinski definition) is 5. The minimum absolute atomic E-state index is 0.000356. The van der Waals surface area contributed by atoms with Crippen LogP contribution in [0.4, 0.5) is 11.4 Å². The van der Waals surface area contributed by atoms with Crippen LogP contribution in [0.25, 0.3) is 0 Å². The van der Waals surface area contributed by atoms with E-state index in [2.05, 4.69) is 0 Å². The van der Waals surface area contributed by atoms with Gasteiger partial charge in [0.15, 0.2) is 11.5 Å². The van der Waals surface area contributed by atoms with Gasteiger partial charge in [0.25, 0.3) is 40.5 Å². The molecule has 0 bridgehead atoms. The van der Waals surface area contributed by atoms with E-state index in [-0.39, 0.29) is 62.8 Å². The molecular formula is C39H48N2O16S4. The number of nitrogens with zero attached hydrogens (tertiary/aromatic N) is 2. The number of allylic oxidation sites excluding steroid dienone is 5. The number of anilines is 1. The van der Waals surface area contributed by atoms with Crippen LogP contribution in [-0.2, 0) is 60.9 Å². The number of hydrogen-bond acceptors (Lipinski definition) is 12. The van der Waals surface area contributed by atoms with E-state index in [1.807, 2.05) is 0 Å². The van der Waals surface area contributed by atoms with E-state index in [1.165, 1.54) is 48.6 Å². The van der Waals surface area contributed by atoms with E-state index in [9.17, 15) is 66.6 Å². The summed E-state index contributed by atoms with van der Waals surface area (Å²) in [7, 11) is -17.9. The fraction of sp³-hybridized carbons (Fsp3) is 0.462. The summed E-state index contributed by atoms with van der Waals surface area (Å²) in [5.74, 6) is -3.42. The molecular weight excluding hydrogens is 881 g/mol. The van der Waals surface area contributed by atoms with Gasteiger partial charge < -0.3 is 15.1 Å². The number of carbonyl (C=O) groups excluding carboxylic acids is 1. The molecule has 61 heavy (non-hydrogen) atoms. The molecule has 0 fully saturated rings. The first kappa shape index (κ1) is 47.8. The summed E-state index contributed by atoms with van der Waals surface area (Å²) in [6, 6.07) is 7.81. The Labute approximate surface area is 355 Å². The molecule has 22 heteroatoms. The predicted molar refractivity (Wildman–Crippen MR) is 220 cm³/mol. The summed E-state index contributed by atoms with van der Waals surface area (Å²) >= 11 is 0. The van der Waals surface area contributed by atoms with Crippen LogP contribution in [0, 0.1) is 0 Å². The maximum Gasteiger partial charge on any atom is 0.303 e. The Morgan fingerprint density at radius 1 is 0.754 bits per heavy atom. The maximum atomic E-state index is 14.1. The molecule has 0 amide bonds. The van der Waals surface area contributed by atoms with Gasteiger partial charge in [-0.15, -0.1) is 0 Å². The van der Waals surface area contributed by atoms with Crippen molar-refractivity contribution >= 4 is 69.3 Å². The Morgan fingerprint density at radius 2 is 1.33 bits per heavy atom. The van der Waals surface area contributed by atoms with E-state index in [0.29, 0.717) is 53.2 Å². The van der Waals surface area contributed by atoms with Gasteiger partial charge in [-0.1, -0.05) is 18.6 Å². The van der Waals surface area contributed by atoms with Crippen molar-refractivity contribution in [2.75, 3.05) is 29.5 Å². The molecule has 0 radical (unpaired) electrons. The van der Waals surface area contributed by atoms with Crippen molar-refractivity contribution in [2.24, 2.45) is 0 Å². The van der Waals surface area contributed by atoms with Crippen molar-refractivity contribution in [3.63, 3.8) is 0 Å². The van der Waals surface area contributed by atoms with Gasteiger partial charge in [0.05, 0.1) is 26.7 Å². The molecule has 2 aromatic rings. The number of carboxylic acids is 1. The Morgan fingerprint density at radius 3 is 1.89 bits per heavy atom. The molecule has 2 heterocycles. The summed E-state index contributed by atoms with van der Waals surface area (Å²) in [6.45, 7) is 5.49. The highest BCUT2D eigenvalue weighted by atomic mass is 32.2. The average molecular weight is 929 g/mol. The second kappa shape index (κ2) is 17.5. The van der Waals surface area contributed by atoms with Gasteiger partial charge in [-0.25, -0.2) is 0 Å². The molecule has 1 unspecified atom stereocenters. The summed E-state index contributed by atoms with van der Waals surface area (Å²) in [6.07, 6.45) is 4.48. The van der Waals surface area contributed by atoms with Crippen LogP contribution < -0.4 is 10.0 Å². The zero-order chi connectivity index (χ0) is 45.5. The molecule has 334 valence electrons. The zero-order valence-electron chi connectivity index (χ0n) is 33.6. The largest absolute Gasteiger partial charge is 0.871 e. The minimum atomic E-state index is -4.71. The lowest BCUT2D eigenvalue weighted by atomic mass is 9.75. The summed E-state index contributed by atoms with van der Waals surface area (Å²) in [4.78, 5) is 26.2. The molecule has 2 aliphatic heterocycles. The first-order chi connectivity index (χ1) is 28.1. The van der Waals surface area contributed by atoms with E-state index in [1.54, 1.807) is 30.2 Å². The first-order valence-corrected chi connectivity index (χ1v) is 25.3. The average Bonchev–Trinajstić information content (AvgIpc) is 3.49. The van der Waals surface area contributed by atoms with Crippen molar-refractivity contribution in [3.05, 3.63) is 82.3 Å². The lowest BCUT2D eigenvalue weighted by Gasteiger charge is -2.34. The molecule has 0 saturated carbocycles. The molecule has 2 aromatic carbocycles. The van der Waals surface area contributed by atoms with Gasteiger partial charge in [0.1, 0.15) is 6.54 Å². The van der Waals surface area contributed by atoms with Crippen molar-refractivity contribution in [1.82, 2.24) is 0 Å². The maximum absolute atomic E-state index is 14.1. The normalized spacial score (nSPS) is 20.4. The van der Waals surface area contributed by atoms with Crippen LogP contribution in [0.15, 0.2) is 80.9 Å². The lowest BCUT2D eigenvalue weighted by Crippen LogP contribution is -2.35. The molecule has 18 nitrogen and oxygen atoms in total. The summed E-state index contributed by atoms with van der Waals surface area (Å²) in [5.41, 5.74) is -0.251. The van der Waals surface area contributed by atoms with E-state index in [0.717, 1.165) is 0 Å². The summed E-state index contributed by atoms with van der Waals surface area (Å²) in [5, 5.41) is 23.2. The van der Waals surface area contributed by atoms with Crippen LogP contribution in [0.3, 0.4) is 0 Å². The Hall–Kier alpha value is -4.29. The van der Waals surface area contributed by atoms with E-state index < -0.39 is 90.1 Å². The van der Waals surface area contributed by atoms with Crippen LogP contribution in [0.2, 0.25) is 0 Å². The molecule has 0 aromatic heterocycles. The number of ketones is 1. The van der Waals surface area contributed by atoms with Gasteiger partial charge in [-0.3, -0.25) is 27.8 Å². The zero-order valence-corrected chi connectivity index (χ0v) is 36.8. The quantitative estimate of drug-likeness (QED) is 0.0547. The fourth-order valence-corrected chi connectivity index (χ4v) is 10.3. The number of Topliss-reactive ketones (excluding diaryl/α,β-unsaturated/α-hetero) is 1. The number of benzene rings is 2. The van der Waals surface area contributed by atoms with Gasteiger partial charge >= 0.3 is 5.97 Å². The predicted octanol–water partition coefficient (Wildman–Crippen LogP) is 3.71. The SMILES string of the molecule is CC1(C)C(/C=C2\C(=O)C(/C=C3\N(CCCCCC(=O)O)c4ccc(S(=O)(=O)O)cc4C3(C)CCCCS(=O)(=O)O)=C2[O-])=[N+](CCCCS(=O)(=O)O)c2ccc(S(=O)(=O)O)cc21. The van der Waals surface area contributed by atoms with E-state index in [4.69, 9.17) is 5.11 Å². The second-order valence-corrected chi connectivity index (χ2v) is 22.0. The number of fused-ring (bicyclic) bond motifs is 2. The monoisotopic (exact) mass is 928 g/mol. The van der Waals surface area contributed by atoms with Gasteiger partial charge in [-0.2, -0.15) is 38.2 Å². The number of carbonyl (C=O) groups is 2. The third-order valence-electron chi connectivity index (χ3n) is 11.3. The molecule has 0 spiro atoms.